The summed E-state index contributed by atoms with van der Waals surface area (Å²) in [7, 11) is 1.75. The minimum absolute atomic E-state index is 0.317. The number of benzene rings is 1. The number of nitrogens with one attached hydrogen (secondary N) is 1. The van der Waals surface area contributed by atoms with E-state index in [1.54, 1.807) is 7.11 Å². The van der Waals surface area contributed by atoms with Crippen LogP contribution in [0.25, 0.3) is 10.9 Å². The Hall–Kier alpha value is -1.45. The van der Waals surface area contributed by atoms with Crippen LogP contribution in [0.15, 0.2) is 36.5 Å². The van der Waals surface area contributed by atoms with E-state index in [4.69, 9.17) is 4.74 Å². The highest BCUT2D eigenvalue weighted by molar-refractivity contribution is 5.78. The van der Waals surface area contributed by atoms with Crippen molar-refractivity contribution in [1.82, 2.24) is 10.3 Å². The minimum Gasteiger partial charge on any atom is -0.385 e. The van der Waals surface area contributed by atoms with Crippen LogP contribution in [0.4, 0.5) is 0 Å². The molecule has 2 aromatic rings. The molecule has 0 saturated heterocycles. The Bertz CT molecular complexity index is 505. The Morgan fingerprint density at radius 1 is 1.32 bits per heavy atom. The van der Waals surface area contributed by atoms with E-state index in [1.807, 2.05) is 18.3 Å². The van der Waals surface area contributed by atoms with Crippen molar-refractivity contribution in [2.75, 3.05) is 20.3 Å². The van der Waals surface area contributed by atoms with E-state index in [0.717, 1.165) is 31.5 Å². The third kappa shape index (κ3) is 3.75. The lowest BCUT2D eigenvalue weighted by molar-refractivity contribution is 0.183. The van der Waals surface area contributed by atoms with Crippen LogP contribution >= 0.6 is 0 Å². The molecule has 0 aliphatic rings. The van der Waals surface area contributed by atoms with Gasteiger partial charge in [0.15, 0.2) is 0 Å². The van der Waals surface area contributed by atoms with Crippen LogP contribution in [-0.2, 0) is 4.74 Å². The van der Waals surface area contributed by atoms with E-state index in [1.165, 1.54) is 10.9 Å². The number of hydrogen-bond acceptors (Lipinski definition) is 3. The topological polar surface area (TPSA) is 34.1 Å². The fourth-order valence-corrected chi connectivity index (χ4v) is 2.22. The second-order valence-corrected chi connectivity index (χ2v) is 4.75. The molecule has 0 radical (unpaired) electrons. The Balaban J connectivity index is 2.21. The summed E-state index contributed by atoms with van der Waals surface area (Å²) in [6.07, 6.45) is 4.08. The van der Waals surface area contributed by atoms with Crippen LogP contribution in [0.1, 0.15) is 31.4 Å². The summed E-state index contributed by atoms with van der Waals surface area (Å²) in [6, 6.07) is 10.8. The first kappa shape index (κ1) is 14.0. The number of methoxy groups -OCH3 is 1. The highest BCUT2D eigenvalue weighted by Gasteiger charge is 2.11. The van der Waals surface area contributed by atoms with Gasteiger partial charge in [-0.25, -0.2) is 0 Å². The molecule has 1 unspecified atom stereocenters. The van der Waals surface area contributed by atoms with Gasteiger partial charge in [-0.2, -0.15) is 0 Å². The van der Waals surface area contributed by atoms with Gasteiger partial charge in [-0.1, -0.05) is 25.1 Å². The molecule has 19 heavy (non-hydrogen) atoms. The van der Waals surface area contributed by atoms with Crippen molar-refractivity contribution in [3.05, 3.63) is 42.1 Å². The Morgan fingerprint density at radius 2 is 2.16 bits per heavy atom. The molecule has 102 valence electrons. The van der Waals surface area contributed by atoms with E-state index in [2.05, 4.69) is 35.4 Å². The minimum atomic E-state index is 0.317. The van der Waals surface area contributed by atoms with Crippen LogP contribution in [0, 0.1) is 0 Å². The summed E-state index contributed by atoms with van der Waals surface area (Å²) < 4.78 is 5.20. The van der Waals surface area contributed by atoms with Crippen LogP contribution in [-0.4, -0.2) is 25.2 Å². The molecule has 0 amide bonds. The molecule has 3 heteroatoms. The largest absolute Gasteiger partial charge is 0.385 e. The molecule has 0 aliphatic heterocycles. The highest BCUT2D eigenvalue weighted by Crippen LogP contribution is 2.20. The quantitative estimate of drug-likeness (QED) is 0.827. The lowest BCUT2D eigenvalue weighted by atomic mass is 10.0. The summed E-state index contributed by atoms with van der Waals surface area (Å²) in [5.74, 6) is 0. The molecule has 1 aromatic carbocycles. The van der Waals surface area contributed by atoms with Crippen molar-refractivity contribution in [3.8, 4) is 0 Å². The summed E-state index contributed by atoms with van der Waals surface area (Å²) in [5, 5.41) is 4.76. The van der Waals surface area contributed by atoms with Crippen molar-refractivity contribution in [1.29, 1.82) is 0 Å². The molecule has 2 rings (SSSR count). The standard InChI is InChI=1S/C16H22N2O/c1-3-9-17-16(8-10-19-2)14-11-13-6-4-5-7-15(13)18-12-14/h4-7,11-12,16-17H,3,8-10H2,1-2H3. The van der Waals surface area contributed by atoms with Gasteiger partial charge in [-0.3, -0.25) is 4.98 Å². The van der Waals surface area contributed by atoms with Crippen LogP contribution < -0.4 is 5.32 Å². The summed E-state index contributed by atoms with van der Waals surface area (Å²) in [4.78, 5) is 4.54. The Kier molecular flexibility index (Phi) is 5.31. The summed E-state index contributed by atoms with van der Waals surface area (Å²) in [6.45, 7) is 3.95. The van der Waals surface area contributed by atoms with Crippen molar-refractivity contribution >= 4 is 10.9 Å². The zero-order valence-corrected chi connectivity index (χ0v) is 11.7. The van der Waals surface area contributed by atoms with Gasteiger partial charge < -0.3 is 10.1 Å². The summed E-state index contributed by atoms with van der Waals surface area (Å²) >= 11 is 0. The molecule has 1 N–H and O–H groups in total. The first-order valence-electron chi connectivity index (χ1n) is 6.92. The average Bonchev–Trinajstić information content (AvgIpc) is 2.47. The smallest absolute Gasteiger partial charge is 0.0702 e. The third-order valence-corrected chi connectivity index (χ3v) is 3.27. The average molecular weight is 258 g/mol. The molecule has 0 bridgehead atoms. The second-order valence-electron chi connectivity index (χ2n) is 4.75. The van der Waals surface area contributed by atoms with E-state index in [-0.39, 0.29) is 0 Å². The van der Waals surface area contributed by atoms with Crippen LogP contribution in [0.2, 0.25) is 0 Å². The van der Waals surface area contributed by atoms with Crippen LogP contribution in [0.5, 0.6) is 0 Å². The Labute approximate surface area is 115 Å². The Morgan fingerprint density at radius 3 is 2.95 bits per heavy atom. The molecule has 3 nitrogen and oxygen atoms in total. The lowest BCUT2D eigenvalue weighted by Crippen LogP contribution is -2.23. The van der Waals surface area contributed by atoms with E-state index in [0.29, 0.717) is 6.04 Å². The maximum Gasteiger partial charge on any atom is 0.0702 e. The van der Waals surface area contributed by atoms with Crippen molar-refractivity contribution in [2.24, 2.45) is 0 Å². The number of pyridine rings is 1. The predicted molar refractivity (Wildman–Crippen MR) is 79.3 cm³/mol. The van der Waals surface area contributed by atoms with Gasteiger partial charge >= 0.3 is 0 Å². The van der Waals surface area contributed by atoms with E-state index < -0.39 is 0 Å². The van der Waals surface area contributed by atoms with Gasteiger partial charge in [0.25, 0.3) is 0 Å². The summed E-state index contributed by atoms with van der Waals surface area (Å²) in [5.41, 5.74) is 2.29. The fraction of sp³-hybridized carbons (Fsp3) is 0.438. The maximum absolute atomic E-state index is 5.20. The van der Waals surface area contributed by atoms with Crippen molar-refractivity contribution in [3.63, 3.8) is 0 Å². The molecular formula is C16H22N2O. The maximum atomic E-state index is 5.20. The van der Waals surface area contributed by atoms with Gasteiger partial charge in [0.1, 0.15) is 0 Å². The van der Waals surface area contributed by atoms with Gasteiger partial charge in [0.2, 0.25) is 0 Å². The number of para-hydroxylation sites is 1. The normalized spacial score (nSPS) is 12.7. The van der Waals surface area contributed by atoms with E-state index >= 15 is 0 Å². The number of ether oxygens (including phenoxy) is 1. The molecule has 0 saturated carbocycles. The zero-order valence-electron chi connectivity index (χ0n) is 11.7. The van der Waals surface area contributed by atoms with Gasteiger partial charge in [0, 0.05) is 31.3 Å². The number of fused-ring (bicyclic) bond motifs is 1. The SMILES string of the molecule is CCCNC(CCOC)c1cnc2ccccc2c1. The first-order valence-corrected chi connectivity index (χ1v) is 6.92. The first-order chi connectivity index (χ1) is 9.35. The van der Waals surface area contributed by atoms with Crippen LogP contribution in [0.3, 0.4) is 0 Å². The molecule has 1 atom stereocenters. The molecule has 0 aliphatic carbocycles. The number of rotatable bonds is 7. The van der Waals surface area contributed by atoms with Gasteiger partial charge in [-0.05, 0) is 37.1 Å². The zero-order chi connectivity index (χ0) is 13.5. The van der Waals surface area contributed by atoms with Gasteiger partial charge in [-0.15, -0.1) is 0 Å². The van der Waals surface area contributed by atoms with Gasteiger partial charge in [0.05, 0.1) is 5.52 Å². The fourth-order valence-electron chi connectivity index (χ4n) is 2.22. The van der Waals surface area contributed by atoms with E-state index in [9.17, 15) is 0 Å². The predicted octanol–water partition coefficient (Wildman–Crippen LogP) is 3.31. The molecule has 1 aromatic heterocycles. The molecule has 1 heterocycles. The number of hydrogen-bond donors (Lipinski definition) is 1. The monoisotopic (exact) mass is 258 g/mol. The van der Waals surface area contributed by atoms with Crippen molar-refractivity contribution < 1.29 is 4.74 Å². The molecule has 0 spiro atoms. The molecular weight excluding hydrogens is 236 g/mol. The lowest BCUT2D eigenvalue weighted by Gasteiger charge is -2.18. The second kappa shape index (κ2) is 7.22. The number of nitrogens with zero attached hydrogens (tertiary/aromatic N) is 1. The number of aromatic nitrogens is 1. The molecule has 0 fully saturated rings. The highest BCUT2D eigenvalue weighted by atomic mass is 16.5. The van der Waals surface area contributed by atoms with Crippen molar-refractivity contribution in [2.45, 2.75) is 25.8 Å². The third-order valence-electron chi connectivity index (χ3n) is 3.27.